The van der Waals surface area contributed by atoms with Gasteiger partial charge in [-0.2, -0.15) is 0 Å². The Kier molecular flexibility index (Phi) is 5.40. The number of piperidine rings is 1. The average Bonchev–Trinajstić information content (AvgIpc) is 3.13. The van der Waals surface area contributed by atoms with Crippen LogP contribution >= 0.6 is 0 Å². The van der Waals surface area contributed by atoms with Gasteiger partial charge in [0.15, 0.2) is 5.69 Å². The van der Waals surface area contributed by atoms with Crippen molar-refractivity contribution in [1.82, 2.24) is 9.88 Å². The Bertz CT molecular complexity index is 762. The highest BCUT2D eigenvalue weighted by atomic mass is 16.5. The number of carbonyl (C=O) groups is 2. The molecule has 1 fully saturated rings. The second-order valence-electron chi connectivity index (χ2n) is 5.87. The van der Waals surface area contributed by atoms with Crippen LogP contribution in [0.2, 0.25) is 0 Å². The van der Waals surface area contributed by atoms with Crippen LogP contribution in [0.25, 0.3) is 11.5 Å². The molecule has 1 aliphatic rings. The Morgan fingerprint density at radius 3 is 2.58 bits per heavy atom. The number of carbonyl (C=O) groups excluding carboxylic acids is 1. The van der Waals surface area contributed by atoms with E-state index in [-0.39, 0.29) is 18.4 Å². The van der Waals surface area contributed by atoms with Gasteiger partial charge in [-0.15, -0.1) is 0 Å². The Labute approximate surface area is 150 Å². The lowest BCUT2D eigenvalue weighted by molar-refractivity contribution is 0.0519. The van der Waals surface area contributed by atoms with Crippen LogP contribution < -0.4 is 4.74 Å². The second kappa shape index (κ2) is 7.90. The van der Waals surface area contributed by atoms with E-state index in [0.717, 1.165) is 0 Å². The predicted molar refractivity (Wildman–Crippen MR) is 91.1 cm³/mol. The first-order valence-corrected chi connectivity index (χ1v) is 8.44. The maximum absolute atomic E-state index is 11.6. The van der Waals surface area contributed by atoms with Crippen molar-refractivity contribution in [2.75, 3.05) is 19.7 Å². The van der Waals surface area contributed by atoms with Crippen molar-refractivity contribution in [2.24, 2.45) is 0 Å². The zero-order valence-corrected chi connectivity index (χ0v) is 14.4. The molecule has 3 rings (SSSR count). The number of ether oxygens (including phenoxy) is 2. The molecule has 0 aliphatic carbocycles. The minimum absolute atomic E-state index is 0.00592. The molecule has 0 atom stereocenters. The molecule has 1 saturated heterocycles. The van der Waals surface area contributed by atoms with Gasteiger partial charge in [-0.3, -0.25) is 0 Å². The molecule has 1 aromatic heterocycles. The molecule has 8 nitrogen and oxygen atoms in total. The average molecular weight is 360 g/mol. The number of esters is 1. The normalized spacial score (nSPS) is 14.9. The zero-order valence-electron chi connectivity index (χ0n) is 14.4. The number of carboxylic acid groups (broad SMARTS) is 1. The summed E-state index contributed by atoms with van der Waals surface area (Å²) in [5.41, 5.74) is 0.848. The van der Waals surface area contributed by atoms with Gasteiger partial charge in [0.1, 0.15) is 18.1 Å². The molecular formula is C18H20N2O6. The highest BCUT2D eigenvalue weighted by molar-refractivity contribution is 5.87. The van der Waals surface area contributed by atoms with Crippen LogP contribution in [0.15, 0.2) is 34.9 Å². The smallest absolute Gasteiger partial charge is 0.407 e. The van der Waals surface area contributed by atoms with Crippen LogP contribution in [0.5, 0.6) is 5.75 Å². The summed E-state index contributed by atoms with van der Waals surface area (Å²) < 4.78 is 16.1. The molecule has 2 aromatic rings. The Hall–Kier alpha value is -3.03. The van der Waals surface area contributed by atoms with E-state index in [2.05, 4.69) is 4.98 Å². The summed E-state index contributed by atoms with van der Waals surface area (Å²) in [7, 11) is 0. The molecular weight excluding hydrogens is 340 g/mol. The minimum atomic E-state index is -0.888. The fourth-order valence-electron chi connectivity index (χ4n) is 2.74. The predicted octanol–water partition coefficient (Wildman–Crippen LogP) is 3.04. The number of amides is 1. The Morgan fingerprint density at radius 2 is 1.96 bits per heavy atom. The van der Waals surface area contributed by atoms with Crippen molar-refractivity contribution >= 4 is 12.1 Å². The molecule has 0 saturated carbocycles. The van der Waals surface area contributed by atoms with E-state index < -0.39 is 12.1 Å². The van der Waals surface area contributed by atoms with Crippen molar-refractivity contribution in [3.63, 3.8) is 0 Å². The molecule has 1 aromatic carbocycles. The number of nitrogens with zero attached hydrogens (tertiary/aromatic N) is 2. The molecule has 0 spiro atoms. The Morgan fingerprint density at radius 1 is 1.27 bits per heavy atom. The summed E-state index contributed by atoms with van der Waals surface area (Å²) >= 11 is 0. The quantitative estimate of drug-likeness (QED) is 0.818. The summed E-state index contributed by atoms with van der Waals surface area (Å²) in [6.45, 7) is 2.96. The number of likely N-dealkylation sites (tertiary alicyclic amines) is 1. The maximum Gasteiger partial charge on any atom is 0.407 e. The van der Waals surface area contributed by atoms with E-state index >= 15 is 0 Å². The van der Waals surface area contributed by atoms with Gasteiger partial charge in [0.05, 0.1) is 6.61 Å². The molecule has 0 bridgehead atoms. The summed E-state index contributed by atoms with van der Waals surface area (Å²) in [6.07, 6.45) is 1.70. The fraction of sp³-hybridized carbons (Fsp3) is 0.389. The minimum Gasteiger partial charge on any atom is -0.490 e. The lowest BCUT2D eigenvalue weighted by Gasteiger charge is -2.30. The van der Waals surface area contributed by atoms with Gasteiger partial charge in [0, 0.05) is 31.5 Å². The number of benzene rings is 1. The van der Waals surface area contributed by atoms with Crippen LogP contribution in [0.1, 0.15) is 30.3 Å². The lowest BCUT2D eigenvalue weighted by Crippen LogP contribution is -2.41. The monoisotopic (exact) mass is 360 g/mol. The molecule has 1 amide bonds. The van der Waals surface area contributed by atoms with E-state index in [0.29, 0.717) is 43.1 Å². The molecule has 1 N–H and O–H groups in total. The molecule has 0 unspecified atom stereocenters. The number of oxazole rings is 1. The van der Waals surface area contributed by atoms with Crippen molar-refractivity contribution in [3.05, 3.63) is 36.2 Å². The highest BCUT2D eigenvalue weighted by Crippen LogP contribution is 2.24. The van der Waals surface area contributed by atoms with Gasteiger partial charge in [-0.25, -0.2) is 14.6 Å². The van der Waals surface area contributed by atoms with Crippen molar-refractivity contribution in [3.8, 4) is 17.2 Å². The molecule has 0 radical (unpaired) electrons. The summed E-state index contributed by atoms with van der Waals surface area (Å²) in [4.78, 5) is 28.1. The van der Waals surface area contributed by atoms with Crippen LogP contribution in [0.3, 0.4) is 0 Å². The SMILES string of the molecule is CCOC(=O)c1coc(-c2ccc(OC3CCN(C(=O)O)CC3)cc2)n1. The molecule has 8 heteroatoms. The van der Waals surface area contributed by atoms with Gasteiger partial charge in [-0.1, -0.05) is 0 Å². The van der Waals surface area contributed by atoms with Crippen LogP contribution in [-0.4, -0.2) is 52.9 Å². The van der Waals surface area contributed by atoms with Crippen LogP contribution in [0.4, 0.5) is 4.79 Å². The third-order valence-corrected chi connectivity index (χ3v) is 4.11. The van der Waals surface area contributed by atoms with Crippen LogP contribution in [0, 0.1) is 0 Å². The fourth-order valence-corrected chi connectivity index (χ4v) is 2.74. The van der Waals surface area contributed by atoms with E-state index in [4.69, 9.17) is 19.0 Å². The third-order valence-electron chi connectivity index (χ3n) is 4.11. The lowest BCUT2D eigenvalue weighted by atomic mass is 10.1. The van der Waals surface area contributed by atoms with E-state index in [1.165, 1.54) is 11.2 Å². The Balaban J connectivity index is 1.59. The summed E-state index contributed by atoms with van der Waals surface area (Å²) in [6, 6.07) is 7.19. The summed E-state index contributed by atoms with van der Waals surface area (Å²) in [5, 5.41) is 8.96. The highest BCUT2D eigenvalue weighted by Gasteiger charge is 2.23. The first-order chi connectivity index (χ1) is 12.6. The first-order valence-electron chi connectivity index (χ1n) is 8.44. The van der Waals surface area contributed by atoms with Crippen LogP contribution in [-0.2, 0) is 4.74 Å². The number of hydrogen-bond donors (Lipinski definition) is 1. The van der Waals surface area contributed by atoms with Crippen molar-refractivity contribution < 1.29 is 28.6 Å². The van der Waals surface area contributed by atoms with Crippen molar-refractivity contribution in [2.45, 2.75) is 25.9 Å². The molecule has 2 heterocycles. The van der Waals surface area contributed by atoms with Gasteiger partial charge < -0.3 is 23.9 Å². The standard InChI is InChI=1S/C18H20N2O6/c1-2-24-17(21)15-11-25-16(19-15)12-3-5-13(6-4-12)26-14-7-9-20(10-8-14)18(22)23/h3-6,11,14H,2,7-10H2,1H3,(H,22,23). The maximum atomic E-state index is 11.6. The number of aromatic nitrogens is 1. The first kappa shape index (κ1) is 17.8. The van der Waals surface area contributed by atoms with Gasteiger partial charge in [0.2, 0.25) is 5.89 Å². The van der Waals surface area contributed by atoms with Gasteiger partial charge in [-0.05, 0) is 31.2 Å². The van der Waals surface area contributed by atoms with Gasteiger partial charge in [0.25, 0.3) is 0 Å². The van der Waals surface area contributed by atoms with Gasteiger partial charge >= 0.3 is 12.1 Å². The molecule has 1 aliphatic heterocycles. The number of rotatable bonds is 5. The van der Waals surface area contributed by atoms with E-state index in [9.17, 15) is 9.59 Å². The van der Waals surface area contributed by atoms with E-state index in [1.54, 1.807) is 31.2 Å². The topological polar surface area (TPSA) is 102 Å². The number of hydrogen-bond acceptors (Lipinski definition) is 6. The summed E-state index contributed by atoms with van der Waals surface area (Å²) in [5.74, 6) is 0.504. The largest absolute Gasteiger partial charge is 0.490 e. The van der Waals surface area contributed by atoms with E-state index in [1.807, 2.05) is 0 Å². The molecule has 26 heavy (non-hydrogen) atoms. The second-order valence-corrected chi connectivity index (χ2v) is 5.87. The van der Waals surface area contributed by atoms with Crippen molar-refractivity contribution in [1.29, 1.82) is 0 Å². The zero-order chi connectivity index (χ0) is 18.5. The molecule has 138 valence electrons. The third kappa shape index (κ3) is 4.14.